The number of benzene rings is 1. The first-order valence-corrected chi connectivity index (χ1v) is 5.52. The normalized spacial score (nSPS) is 19.7. The van der Waals surface area contributed by atoms with Crippen LogP contribution in [0.2, 0.25) is 5.02 Å². The zero-order chi connectivity index (χ0) is 11.5. The fraction of sp³-hybridized carbons (Fsp3) is 0.364. The minimum atomic E-state index is -0.353. The third-order valence-corrected chi connectivity index (χ3v) is 2.79. The van der Waals surface area contributed by atoms with Gasteiger partial charge in [0, 0.05) is 12.3 Å². The number of nitrogens with one attached hydrogen (secondary N) is 1. The second-order valence-corrected chi connectivity index (χ2v) is 4.14. The molecule has 1 unspecified atom stereocenters. The number of nitrogen functional groups attached to an aromatic ring is 1. The van der Waals surface area contributed by atoms with Crippen molar-refractivity contribution in [3.8, 4) is 0 Å². The van der Waals surface area contributed by atoms with Crippen LogP contribution in [0, 0.1) is 0 Å². The van der Waals surface area contributed by atoms with E-state index in [0.717, 1.165) is 12.8 Å². The Labute approximate surface area is 98.7 Å². The molecule has 0 radical (unpaired) electrons. The number of ether oxygens (including phenoxy) is 1. The maximum absolute atomic E-state index is 11.7. The van der Waals surface area contributed by atoms with E-state index in [1.165, 1.54) is 0 Å². The Morgan fingerprint density at radius 3 is 3.00 bits per heavy atom. The van der Waals surface area contributed by atoms with Gasteiger partial charge in [-0.15, -0.1) is 0 Å². The Morgan fingerprint density at radius 1 is 1.56 bits per heavy atom. The van der Waals surface area contributed by atoms with Gasteiger partial charge in [-0.1, -0.05) is 11.6 Å². The van der Waals surface area contributed by atoms with Gasteiger partial charge in [-0.3, -0.25) is 4.79 Å². The summed E-state index contributed by atoms with van der Waals surface area (Å²) in [6, 6.07) is 4.98. The third-order valence-electron chi connectivity index (χ3n) is 2.47. The summed E-state index contributed by atoms with van der Waals surface area (Å²) in [5.41, 5.74) is 6.69. The number of rotatable bonds is 2. The van der Waals surface area contributed by atoms with Crippen molar-refractivity contribution in [2.45, 2.75) is 18.9 Å². The van der Waals surface area contributed by atoms with Crippen LogP contribution in [0.5, 0.6) is 0 Å². The van der Waals surface area contributed by atoms with Crippen molar-refractivity contribution in [3.63, 3.8) is 0 Å². The predicted molar refractivity (Wildman–Crippen MR) is 63.5 cm³/mol. The quantitative estimate of drug-likeness (QED) is 0.778. The van der Waals surface area contributed by atoms with Crippen LogP contribution in [0.15, 0.2) is 18.2 Å². The average molecular weight is 241 g/mol. The van der Waals surface area contributed by atoms with Crippen molar-refractivity contribution in [3.05, 3.63) is 23.2 Å². The molecule has 1 aromatic carbocycles. The molecule has 4 nitrogen and oxygen atoms in total. The minimum absolute atomic E-state index is 0.149. The molecule has 1 fully saturated rings. The van der Waals surface area contributed by atoms with E-state index >= 15 is 0 Å². The molecule has 1 amide bonds. The molecule has 0 bridgehead atoms. The third kappa shape index (κ3) is 2.46. The number of hydrogen-bond acceptors (Lipinski definition) is 3. The van der Waals surface area contributed by atoms with Crippen molar-refractivity contribution in [1.29, 1.82) is 0 Å². The monoisotopic (exact) mass is 240 g/mol. The molecular weight excluding hydrogens is 228 g/mol. The lowest BCUT2D eigenvalue weighted by molar-refractivity contribution is -0.124. The summed E-state index contributed by atoms with van der Waals surface area (Å²) in [5, 5.41) is 3.16. The largest absolute Gasteiger partial charge is 0.399 e. The number of anilines is 2. The van der Waals surface area contributed by atoms with Gasteiger partial charge in [0.1, 0.15) is 6.10 Å². The molecule has 0 saturated carbocycles. The summed E-state index contributed by atoms with van der Waals surface area (Å²) >= 11 is 5.94. The number of nitrogens with two attached hydrogens (primary N) is 1. The Morgan fingerprint density at radius 2 is 2.38 bits per heavy atom. The lowest BCUT2D eigenvalue weighted by Crippen LogP contribution is -2.26. The predicted octanol–water partition coefficient (Wildman–Crippen LogP) is 2.04. The number of carbonyl (C=O) groups is 1. The van der Waals surface area contributed by atoms with Gasteiger partial charge >= 0.3 is 0 Å². The van der Waals surface area contributed by atoms with Gasteiger partial charge in [-0.05, 0) is 31.0 Å². The van der Waals surface area contributed by atoms with Gasteiger partial charge in [0.15, 0.2) is 0 Å². The van der Waals surface area contributed by atoms with Crippen molar-refractivity contribution in [1.82, 2.24) is 0 Å². The van der Waals surface area contributed by atoms with Crippen LogP contribution in [-0.2, 0) is 9.53 Å². The highest BCUT2D eigenvalue weighted by molar-refractivity contribution is 6.34. The zero-order valence-electron chi connectivity index (χ0n) is 8.70. The summed E-state index contributed by atoms with van der Waals surface area (Å²) in [7, 11) is 0. The van der Waals surface area contributed by atoms with Crippen LogP contribution < -0.4 is 11.1 Å². The average Bonchev–Trinajstić information content (AvgIpc) is 2.75. The van der Waals surface area contributed by atoms with Gasteiger partial charge in [0.2, 0.25) is 0 Å². The molecule has 1 aliphatic heterocycles. The van der Waals surface area contributed by atoms with E-state index in [2.05, 4.69) is 5.32 Å². The summed E-state index contributed by atoms with van der Waals surface area (Å²) in [4.78, 5) is 11.7. The number of carbonyl (C=O) groups excluding carboxylic acids is 1. The van der Waals surface area contributed by atoms with Crippen LogP contribution in [-0.4, -0.2) is 18.6 Å². The van der Waals surface area contributed by atoms with Crippen LogP contribution in [0.4, 0.5) is 11.4 Å². The second kappa shape index (κ2) is 4.72. The van der Waals surface area contributed by atoms with E-state index in [1.54, 1.807) is 18.2 Å². The van der Waals surface area contributed by atoms with Crippen LogP contribution in [0.1, 0.15) is 12.8 Å². The highest BCUT2D eigenvalue weighted by atomic mass is 35.5. The van der Waals surface area contributed by atoms with E-state index in [4.69, 9.17) is 22.1 Å². The molecule has 3 N–H and O–H groups in total. The van der Waals surface area contributed by atoms with E-state index in [9.17, 15) is 4.79 Å². The van der Waals surface area contributed by atoms with Crippen molar-refractivity contribution < 1.29 is 9.53 Å². The number of halogens is 1. The standard InChI is InChI=1S/C11H13ClN2O2/c12-8-6-7(13)3-4-9(8)14-11(15)10-2-1-5-16-10/h3-4,6,10H,1-2,5,13H2,(H,14,15). The second-order valence-electron chi connectivity index (χ2n) is 3.73. The van der Waals surface area contributed by atoms with Crippen molar-refractivity contribution >= 4 is 28.9 Å². The van der Waals surface area contributed by atoms with E-state index < -0.39 is 0 Å². The molecule has 86 valence electrons. The molecule has 5 heteroatoms. The molecule has 1 saturated heterocycles. The molecular formula is C11H13ClN2O2. The fourth-order valence-corrected chi connectivity index (χ4v) is 1.87. The van der Waals surface area contributed by atoms with Gasteiger partial charge in [0.25, 0.3) is 5.91 Å². The molecule has 1 atom stereocenters. The molecule has 1 aromatic rings. The van der Waals surface area contributed by atoms with Gasteiger partial charge in [0.05, 0.1) is 10.7 Å². The molecule has 1 aliphatic rings. The summed E-state index contributed by atoms with van der Waals surface area (Å²) < 4.78 is 5.27. The van der Waals surface area contributed by atoms with Crippen LogP contribution in [0.25, 0.3) is 0 Å². The minimum Gasteiger partial charge on any atom is -0.399 e. The smallest absolute Gasteiger partial charge is 0.253 e. The first kappa shape index (κ1) is 11.2. The Kier molecular flexibility index (Phi) is 3.31. The van der Waals surface area contributed by atoms with Crippen LogP contribution in [0.3, 0.4) is 0 Å². The van der Waals surface area contributed by atoms with E-state index in [-0.39, 0.29) is 12.0 Å². The van der Waals surface area contributed by atoms with E-state index in [1.807, 2.05) is 0 Å². The summed E-state index contributed by atoms with van der Waals surface area (Å²) in [6.07, 6.45) is 1.33. The first-order valence-electron chi connectivity index (χ1n) is 5.14. The summed E-state index contributed by atoms with van der Waals surface area (Å²) in [6.45, 7) is 0.646. The lowest BCUT2D eigenvalue weighted by Gasteiger charge is -2.11. The topological polar surface area (TPSA) is 64.3 Å². The molecule has 2 rings (SSSR count). The summed E-state index contributed by atoms with van der Waals surface area (Å²) in [5.74, 6) is -0.149. The highest BCUT2D eigenvalue weighted by Crippen LogP contribution is 2.25. The Hall–Kier alpha value is -1.26. The number of hydrogen-bond donors (Lipinski definition) is 2. The molecule has 1 heterocycles. The molecule has 0 aliphatic carbocycles. The van der Waals surface area contributed by atoms with Gasteiger partial charge < -0.3 is 15.8 Å². The maximum atomic E-state index is 11.7. The Bertz CT molecular complexity index is 403. The van der Waals surface area contributed by atoms with Crippen molar-refractivity contribution in [2.75, 3.05) is 17.7 Å². The maximum Gasteiger partial charge on any atom is 0.253 e. The van der Waals surface area contributed by atoms with Crippen LogP contribution >= 0.6 is 11.6 Å². The number of amides is 1. The van der Waals surface area contributed by atoms with Crippen molar-refractivity contribution in [2.24, 2.45) is 0 Å². The molecule has 16 heavy (non-hydrogen) atoms. The highest BCUT2D eigenvalue weighted by Gasteiger charge is 2.23. The zero-order valence-corrected chi connectivity index (χ0v) is 9.46. The van der Waals surface area contributed by atoms with E-state index in [0.29, 0.717) is 23.0 Å². The first-order chi connectivity index (χ1) is 7.66. The molecule has 0 aromatic heterocycles. The lowest BCUT2D eigenvalue weighted by atomic mass is 10.2. The Balaban J connectivity index is 2.05. The fourth-order valence-electron chi connectivity index (χ4n) is 1.63. The van der Waals surface area contributed by atoms with Gasteiger partial charge in [-0.2, -0.15) is 0 Å². The molecule has 0 spiro atoms. The SMILES string of the molecule is Nc1ccc(NC(=O)C2CCCO2)c(Cl)c1. The van der Waals surface area contributed by atoms with Gasteiger partial charge in [-0.25, -0.2) is 0 Å².